The smallest absolute Gasteiger partial charge is 0.0875 e. The average molecular weight is 407 g/mol. The quantitative estimate of drug-likeness (QED) is 0.498. The molecule has 0 aromatic heterocycles. The minimum absolute atomic E-state index is 0.229. The molecule has 0 amide bonds. The van der Waals surface area contributed by atoms with Crippen molar-refractivity contribution in [1.82, 2.24) is 0 Å². The molecule has 0 saturated carbocycles. The maximum Gasteiger partial charge on any atom is 0.0875 e. The summed E-state index contributed by atoms with van der Waals surface area (Å²) in [6, 6.07) is 8.46. The summed E-state index contributed by atoms with van der Waals surface area (Å²) >= 11 is 0. The molecule has 0 aliphatic carbocycles. The van der Waals surface area contributed by atoms with Crippen molar-refractivity contribution in [2.75, 3.05) is 40.1 Å². The lowest BCUT2D eigenvalue weighted by Crippen LogP contribution is -2.47. The summed E-state index contributed by atoms with van der Waals surface area (Å²) in [7, 11) is 1.71. The second-order valence-electron chi connectivity index (χ2n) is 9.37. The number of hydrogen-bond acceptors (Lipinski definition) is 4. The van der Waals surface area contributed by atoms with Gasteiger partial charge in [0, 0.05) is 17.9 Å². The topological polar surface area (TPSA) is 36.9 Å². The van der Waals surface area contributed by atoms with Crippen LogP contribution in [0.3, 0.4) is 0 Å². The molecule has 2 fully saturated rings. The normalized spacial score (nSPS) is 19.5. The van der Waals surface area contributed by atoms with Crippen LogP contribution in [0.1, 0.15) is 71.4 Å². The Kier molecular flexibility index (Phi) is 9.15. The summed E-state index contributed by atoms with van der Waals surface area (Å²) in [5.74, 6) is 0. The van der Waals surface area contributed by atoms with Crippen LogP contribution < -0.4 is 0 Å². The summed E-state index contributed by atoms with van der Waals surface area (Å²) in [4.78, 5) is 0. The highest BCUT2D eigenvalue weighted by atomic mass is 16.5. The highest BCUT2D eigenvalue weighted by Crippen LogP contribution is 2.36. The zero-order valence-corrected chi connectivity index (χ0v) is 19.5. The van der Waals surface area contributed by atoms with E-state index < -0.39 is 0 Å². The molecule has 4 nitrogen and oxygen atoms in total. The Bertz CT molecular complexity index is 574. The van der Waals surface area contributed by atoms with Gasteiger partial charge in [0.1, 0.15) is 0 Å². The molecule has 166 valence electrons. The molecule has 0 N–H and O–H groups in total. The molecule has 0 atom stereocenters. The Morgan fingerprint density at radius 1 is 0.897 bits per heavy atom. The van der Waals surface area contributed by atoms with E-state index in [4.69, 9.17) is 18.9 Å². The van der Waals surface area contributed by atoms with Crippen molar-refractivity contribution in [1.29, 1.82) is 0 Å². The minimum atomic E-state index is -0.274. The van der Waals surface area contributed by atoms with Gasteiger partial charge in [-0.25, -0.2) is 0 Å². The third kappa shape index (κ3) is 6.52. The monoisotopic (exact) mass is 406 g/mol. The standard InChI is InChI=1S/C17H26O3.C8H16O/c1-5-17(11-19-12-17)13-20-16(2,3)15-8-6-14(7-9-15)10-18-4;1-3-5-8(4-2)6-9-7-8/h6-9H,5,10-13H2,1-4H3;3-7H2,1-2H3. The molecule has 0 unspecified atom stereocenters. The first-order valence-corrected chi connectivity index (χ1v) is 11.2. The SMILES string of the molecule is CCC1(COC(C)(C)c2ccc(COC)cc2)COC1.CCCC1(CC)COC1. The predicted molar refractivity (Wildman–Crippen MR) is 118 cm³/mol. The van der Waals surface area contributed by atoms with E-state index in [-0.39, 0.29) is 11.0 Å². The summed E-state index contributed by atoms with van der Waals surface area (Å²) in [6.45, 7) is 16.1. The van der Waals surface area contributed by atoms with Crippen LogP contribution in [-0.2, 0) is 31.2 Å². The number of rotatable bonds is 10. The van der Waals surface area contributed by atoms with Gasteiger partial charge in [0.2, 0.25) is 0 Å². The molecule has 2 saturated heterocycles. The molecule has 2 aliphatic rings. The van der Waals surface area contributed by atoms with Crippen LogP contribution in [0.2, 0.25) is 0 Å². The Morgan fingerprint density at radius 2 is 1.45 bits per heavy atom. The van der Waals surface area contributed by atoms with Gasteiger partial charge < -0.3 is 18.9 Å². The van der Waals surface area contributed by atoms with E-state index in [0.717, 1.165) is 39.5 Å². The van der Waals surface area contributed by atoms with Crippen molar-refractivity contribution in [2.45, 2.75) is 72.5 Å². The van der Waals surface area contributed by atoms with Gasteiger partial charge in [-0.2, -0.15) is 0 Å². The molecule has 2 aliphatic heterocycles. The van der Waals surface area contributed by atoms with Crippen molar-refractivity contribution in [3.8, 4) is 0 Å². The molecule has 0 radical (unpaired) electrons. The number of hydrogen-bond donors (Lipinski definition) is 0. The Balaban J connectivity index is 0.000000278. The summed E-state index contributed by atoms with van der Waals surface area (Å²) in [6.07, 6.45) is 5.05. The predicted octanol–water partition coefficient (Wildman–Crippen LogP) is 5.72. The first-order valence-electron chi connectivity index (χ1n) is 11.2. The molecular weight excluding hydrogens is 364 g/mol. The first-order chi connectivity index (χ1) is 13.8. The highest BCUT2D eigenvalue weighted by Gasteiger charge is 2.39. The zero-order valence-electron chi connectivity index (χ0n) is 19.5. The van der Waals surface area contributed by atoms with E-state index in [1.807, 2.05) is 0 Å². The lowest BCUT2D eigenvalue weighted by atomic mass is 9.79. The van der Waals surface area contributed by atoms with E-state index >= 15 is 0 Å². The molecule has 0 spiro atoms. The molecule has 29 heavy (non-hydrogen) atoms. The van der Waals surface area contributed by atoms with Gasteiger partial charge in [0.15, 0.2) is 0 Å². The third-order valence-corrected chi connectivity index (χ3v) is 6.61. The van der Waals surface area contributed by atoms with Crippen molar-refractivity contribution in [2.24, 2.45) is 10.8 Å². The van der Waals surface area contributed by atoms with Crippen LogP contribution in [0, 0.1) is 10.8 Å². The van der Waals surface area contributed by atoms with Crippen molar-refractivity contribution in [3.05, 3.63) is 35.4 Å². The van der Waals surface area contributed by atoms with Crippen LogP contribution in [-0.4, -0.2) is 40.1 Å². The molecule has 1 aromatic carbocycles. The summed E-state index contributed by atoms with van der Waals surface area (Å²) in [5.41, 5.74) is 2.93. The van der Waals surface area contributed by atoms with E-state index in [2.05, 4.69) is 58.9 Å². The van der Waals surface area contributed by atoms with Gasteiger partial charge in [0.25, 0.3) is 0 Å². The van der Waals surface area contributed by atoms with Gasteiger partial charge in [0.05, 0.1) is 45.2 Å². The zero-order chi connectivity index (χ0) is 21.4. The van der Waals surface area contributed by atoms with Crippen molar-refractivity contribution >= 4 is 0 Å². The third-order valence-electron chi connectivity index (χ3n) is 6.61. The Hall–Kier alpha value is -0.940. The highest BCUT2D eigenvalue weighted by molar-refractivity contribution is 5.26. The number of ether oxygens (including phenoxy) is 4. The van der Waals surface area contributed by atoms with E-state index in [1.165, 1.54) is 30.4 Å². The minimum Gasteiger partial charge on any atom is -0.380 e. The lowest BCUT2D eigenvalue weighted by molar-refractivity contribution is -0.176. The molecule has 2 heterocycles. The number of benzene rings is 1. The van der Waals surface area contributed by atoms with Crippen LogP contribution in [0.4, 0.5) is 0 Å². The van der Waals surface area contributed by atoms with Crippen LogP contribution >= 0.6 is 0 Å². The Morgan fingerprint density at radius 3 is 1.79 bits per heavy atom. The lowest BCUT2D eigenvalue weighted by Gasteiger charge is -2.42. The molecule has 4 heteroatoms. The molecule has 0 bridgehead atoms. The van der Waals surface area contributed by atoms with Crippen LogP contribution in [0.25, 0.3) is 0 Å². The van der Waals surface area contributed by atoms with Gasteiger partial charge >= 0.3 is 0 Å². The Labute approximate surface area is 178 Å². The van der Waals surface area contributed by atoms with E-state index in [9.17, 15) is 0 Å². The fourth-order valence-corrected chi connectivity index (χ4v) is 3.81. The first kappa shape index (κ1) is 24.3. The van der Waals surface area contributed by atoms with Gasteiger partial charge in [-0.15, -0.1) is 0 Å². The van der Waals surface area contributed by atoms with Gasteiger partial charge in [-0.3, -0.25) is 0 Å². The second kappa shape index (κ2) is 10.9. The average Bonchev–Trinajstić information content (AvgIpc) is 2.65. The number of methoxy groups -OCH3 is 1. The van der Waals surface area contributed by atoms with Crippen LogP contribution in [0.5, 0.6) is 0 Å². The molecular formula is C25H42O4. The molecule has 3 rings (SSSR count). The molecule has 1 aromatic rings. The van der Waals surface area contributed by atoms with Gasteiger partial charge in [-0.05, 0) is 44.2 Å². The van der Waals surface area contributed by atoms with Crippen molar-refractivity contribution in [3.63, 3.8) is 0 Å². The fourth-order valence-electron chi connectivity index (χ4n) is 3.81. The maximum absolute atomic E-state index is 6.20. The second-order valence-corrected chi connectivity index (χ2v) is 9.37. The summed E-state index contributed by atoms with van der Waals surface area (Å²) < 4.78 is 21.9. The van der Waals surface area contributed by atoms with Gasteiger partial charge in [-0.1, -0.05) is 51.5 Å². The largest absolute Gasteiger partial charge is 0.380 e. The van der Waals surface area contributed by atoms with E-state index in [0.29, 0.717) is 12.0 Å². The summed E-state index contributed by atoms with van der Waals surface area (Å²) in [5, 5.41) is 0. The van der Waals surface area contributed by atoms with Crippen LogP contribution in [0.15, 0.2) is 24.3 Å². The maximum atomic E-state index is 6.20. The fraction of sp³-hybridized carbons (Fsp3) is 0.760. The van der Waals surface area contributed by atoms with E-state index in [1.54, 1.807) is 7.11 Å². The van der Waals surface area contributed by atoms with Crippen molar-refractivity contribution < 1.29 is 18.9 Å².